The van der Waals surface area contributed by atoms with Gasteiger partial charge in [-0.15, -0.1) is 0 Å². The number of nitrogens with one attached hydrogen (secondary N) is 2. The number of piperazine rings is 1. The summed E-state index contributed by atoms with van der Waals surface area (Å²) in [6, 6.07) is 14.1. The van der Waals surface area contributed by atoms with Crippen molar-refractivity contribution in [1.82, 2.24) is 9.80 Å². The van der Waals surface area contributed by atoms with Crippen LogP contribution >= 0.6 is 24.4 Å². The molecule has 0 bridgehead atoms. The van der Waals surface area contributed by atoms with Crippen LogP contribution in [0.25, 0.3) is 0 Å². The molecule has 1 aliphatic heterocycles. The van der Waals surface area contributed by atoms with Crippen molar-refractivity contribution >= 4 is 58.0 Å². The number of ether oxygens (including phenoxy) is 2. The van der Waals surface area contributed by atoms with Crippen molar-refractivity contribution in [1.29, 1.82) is 0 Å². The van der Waals surface area contributed by atoms with Crippen LogP contribution in [0, 0.1) is 0 Å². The van der Waals surface area contributed by atoms with Crippen LogP contribution in [0.2, 0.25) is 0 Å². The first-order valence-corrected chi connectivity index (χ1v) is 11.9. The SMILES string of the molecule is CCOC(=O)c1ccc(NC(=S)N2CCN(C(=S)Nc3ccc(C(=O)OCC)cc3)CC2)cc1. The highest BCUT2D eigenvalue weighted by Gasteiger charge is 2.21. The maximum absolute atomic E-state index is 11.8. The van der Waals surface area contributed by atoms with E-state index in [1.807, 2.05) is 0 Å². The Bertz CT molecular complexity index is 937. The van der Waals surface area contributed by atoms with E-state index in [0.717, 1.165) is 37.6 Å². The van der Waals surface area contributed by atoms with Crippen molar-refractivity contribution in [2.45, 2.75) is 13.8 Å². The number of anilines is 2. The molecule has 0 aromatic heterocycles. The summed E-state index contributed by atoms with van der Waals surface area (Å²) >= 11 is 11.1. The first-order chi connectivity index (χ1) is 16.4. The largest absolute Gasteiger partial charge is 0.462 e. The van der Waals surface area contributed by atoms with Crippen LogP contribution in [-0.2, 0) is 9.47 Å². The molecule has 0 amide bonds. The Morgan fingerprint density at radius 1 is 0.706 bits per heavy atom. The maximum Gasteiger partial charge on any atom is 0.338 e. The van der Waals surface area contributed by atoms with Crippen molar-refractivity contribution < 1.29 is 19.1 Å². The number of esters is 2. The highest BCUT2D eigenvalue weighted by Crippen LogP contribution is 2.15. The molecule has 0 unspecified atom stereocenters. The highest BCUT2D eigenvalue weighted by molar-refractivity contribution is 7.80. The van der Waals surface area contributed by atoms with E-state index in [1.165, 1.54) is 0 Å². The quantitative estimate of drug-likeness (QED) is 0.452. The van der Waals surface area contributed by atoms with Gasteiger partial charge >= 0.3 is 11.9 Å². The van der Waals surface area contributed by atoms with E-state index in [9.17, 15) is 9.59 Å². The normalized spacial score (nSPS) is 13.1. The summed E-state index contributed by atoms with van der Waals surface area (Å²) in [5, 5.41) is 7.68. The van der Waals surface area contributed by atoms with Gasteiger partial charge in [0.25, 0.3) is 0 Å². The zero-order valence-electron chi connectivity index (χ0n) is 19.2. The molecule has 1 fully saturated rings. The Kier molecular flexibility index (Phi) is 9.17. The minimum atomic E-state index is -0.340. The lowest BCUT2D eigenvalue weighted by Gasteiger charge is -2.37. The highest BCUT2D eigenvalue weighted by atomic mass is 32.1. The molecular weight excluding hydrogens is 472 g/mol. The van der Waals surface area contributed by atoms with Gasteiger partial charge in [0.05, 0.1) is 24.3 Å². The zero-order chi connectivity index (χ0) is 24.5. The number of carbonyl (C=O) groups excluding carboxylic acids is 2. The van der Waals surface area contributed by atoms with Gasteiger partial charge in [0.1, 0.15) is 0 Å². The number of hydrogen-bond acceptors (Lipinski definition) is 6. The number of thiocarbonyl (C=S) groups is 2. The number of hydrogen-bond donors (Lipinski definition) is 2. The predicted octanol–water partition coefficient (Wildman–Crippen LogP) is 3.75. The standard InChI is InChI=1S/C24H28N4O4S2/c1-3-31-21(29)17-5-9-19(10-6-17)25-23(33)27-13-15-28(16-14-27)24(34)26-20-11-7-18(8-12-20)22(30)32-4-2/h5-12H,3-4,13-16H2,1-2H3,(H,25,33)(H,26,34). The van der Waals surface area contributed by atoms with Gasteiger partial charge in [-0.2, -0.15) is 0 Å². The van der Waals surface area contributed by atoms with Gasteiger partial charge in [0.15, 0.2) is 10.2 Å². The summed E-state index contributed by atoms with van der Waals surface area (Å²) in [5.41, 5.74) is 2.62. The molecule has 2 aromatic carbocycles. The first-order valence-electron chi connectivity index (χ1n) is 11.1. The molecule has 1 heterocycles. The zero-order valence-corrected chi connectivity index (χ0v) is 20.8. The van der Waals surface area contributed by atoms with E-state index >= 15 is 0 Å². The van der Waals surface area contributed by atoms with Gasteiger partial charge < -0.3 is 29.9 Å². The molecule has 2 aromatic rings. The molecule has 34 heavy (non-hydrogen) atoms. The summed E-state index contributed by atoms with van der Waals surface area (Å²) in [7, 11) is 0. The van der Waals surface area contributed by atoms with Crippen molar-refractivity contribution in [3.8, 4) is 0 Å². The number of rotatable bonds is 6. The fourth-order valence-electron chi connectivity index (χ4n) is 3.33. The summed E-state index contributed by atoms with van der Waals surface area (Å²) in [6.07, 6.45) is 0. The molecule has 180 valence electrons. The van der Waals surface area contributed by atoms with Crippen molar-refractivity contribution in [3.63, 3.8) is 0 Å². The summed E-state index contributed by atoms with van der Waals surface area (Å²) in [5.74, 6) is -0.681. The molecule has 1 saturated heterocycles. The molecule has 0 atom stereocenters. The number of benzene rings is 2. The van der Waals surface area contributed by atoms with Crippen molar-refractivity contribution in [2.24, 2.45) is 0 Å². The first kappa shape index (κ1) is 25.4. The molecule has 3 rings (SSSR count). The van der Waals surface area contributed by atoms with E-state index in [1.54, 1.807) is 62.4 Å². The monoisotopic (exact) mass is 500 g/mol. The average Bonchev–Trinajstić information content (AvgIpc) is 2.85. The van der Waals surface area contributed by atoms with Crippen LogP contribution in [0.3, 0.4) is 0 Å². The Morgan fingerprint density at radius 2 is 1.03 bits per heavy atom. The summed E-state index contributed by atoms with van der Waals surface area (Å²) < 4.78 is 10.0. The van der Waals surface area contributed by atoms with Gasteiger partial charge in [0, 0.05) is 37.6 Å². The lowest BCUT2D eigenvalue weighted by Crippen LogP contribution is -2.52. The fourth-order valence-corrected chi connectivity index (χ4v) is 3.93. The molecule has 1 aliphatic rings. The molecule has 10 heteroatoms. The van der Waals surface area contributed by atoms with Gasteiger partial charge in [-0.25, -0.2) is 9.59 Å². The molecule has 0 spiro atoms. The summed E-state index contributed by atoms with van der Waals surface area (Å²) in [6.45, 7) is 7.11. The van der Waals surface area contributed by atoms with Crippen LogP contribution < -0.4 is 10.6 Å². The predicted molar refractivity (Wildman–Crippen MR) is 140 cm³/mol. The minimum absolute atomic E-state index is 0.340. The van der Waals surface area contributed by atoms with Crippen LogP contribution in [0.1, 0.15) is 34.6 Å². The van der Waals surface area contributed by atoms with Crippen LogP contribution in [0.5, 0.6) is 0 Å². The Morgan fingerprint density at radius 3 is 1.32 bits per heavy atom. The fraction of sp³-hybridized carbons (Fsp3) is 0.333. The van der Waals surface area contributed by atoms with Crippen molar-refractivity contribution in [2.75, 3.05) is 50.0 Å². The third kappa shape index (κ3) is 6.88. The third-order valence-electron chi connectivity index (χ3n) is 5.15. The molecule has 0 saturated carbocycles. The molecule has 0 radical (unpaired) electrons. The van der Waals surface area contributed by atoms with Gasteiger partial charge in [0.2, 0.25) is 0 Å². The molecule has 0 aliphatic carbocycles. The Hall–Kier alpha value is -3.24. The second-order valence-electron chi connectivity index (χ2n) is 7.43. The van der Waals surface area contributed by atoms with E-state index in [0.29, 0.717) is 34.6 Å². The second-order valence-corrected chi connectivity index (χ2v) is 8.20. The molecular formula is C24H28N4O4S2. The average molecular weight is 501 g/mol. The lowest BCUT2D eigenvalue weighted by molar-refractivity contribution is 0.0517. The van der Waals surface area contributed by atoms with Gasteiger partial charge in [-0.1, -0.05) is 0 Å². The smallest absolute Gasteiger partial charge is 0.338 e. The number of nitrogens with zero attached hydrogens (tertiary/aromatic N) is 2. The Labute approximate surface area is 210 Å². The molecule has 2 N–H and O–H groups in total. The van der Waals surface area contributed by atoms with Gasteiger partial charge in [-0.05, 0) is 86.8 Å². The number of carbonyl (C=O) groups is 2. The van der Waals surface area contributed by atoms with Crippen LogP contribution in [0.4, 0.5) is 11.4 Å². The lowest BCUT2D eigenvalue weighted by atomic mass is 10.2. The maximum atomic E-state index is 11.8. The minimum Gasteiger partial charge on any atom is -0.462 e. The van der Waals surface area contributed by atoms with Crippen LogP contribution in [0.15, 0.2) is 48.5 Å². The molecule has 8 nitrogen and oxygen atoms in total. The van der Waals surface area contributed by atoms with E-state index in [-0.39, 0.29) is 11.9 Å². The van der Waals surface area contributed by atoms with E-state index in [2.05, 4.69) is 20.4 Å². The van der Waals surface area contributed by atoms with Crippen LogP contribution in [-0.4, -0.2) is 71.4 Å². The second kappa shape index (κ2) is 12.3. The third-order valence-corrected chi connectivity index (χ3v) is 5.87. The summed E-state index contributed by atoms with van der Waals surface area (Å²) in [4.78, 5) is 27.7. The Balaban J connectivity index is 1.46. The van der Waals surface area contributed by atoms with E-state index < -0.39 is 0 Å². The van der Waals surface area contributed by atoms with Gasteiger partial charge in [-0.3, -0.25) is 0 Å². The van der Waals surface area contributed by atoms with E-state index in [4.69, 9.17) is 33.9 Å². The topological polar surface area (TPSA) is 83.1 Å². The van der Waals surface area contributed by atoms with Crippen molar-refractivity contribution in [3.05, 3.63) is 59.7 Å².